The lowest BCUT2D eigenvalue weighted by Gasteiger charge is -2.09. The van der Waals surface area contributed by atoms with Gasteiger partial charge in [-0.25, -0.2) is 0 Å². The van der Waals surface area contributed by atoms with E-state index in [2.05, 4.69) is 30.5 Å². The molecule has 0 unspecified atom stereocenters. The Labute approximate surface area is 82.3 Å². The second-order valence-electron chi connectivity index (χ2n) is 3.08. The Hall–Kier alpha value is -0.140. The van der Waals surface area contributed by atoms with Gasteiger partial charge in [0.25, 0.3) is 0 Å². The number of hydrogen-bond acceptors (Lipinski definition) is 1. The highest BCUT2D eigenvalue weighted by molar-refractivity contribution is 7.99. The summed E-state index contributed by atoms with van der Waals surface area (Å²) in [6.07, 6.45) is 3.26. The lowest BCUT2D eigenvalue weighted by molar-refractivity contribution is 0.907. The third kappa shape index (κ3) is 1.25. The predicted molar refractivity (Wildman–Crippen MR) is 56.0 cm³/mol. The van der Waals surface area contributed by atoms with E-state index in [-0.39, 0.29) is 5.38 Å². The first-order chi connectivity index (χ1) is 5.83. The summed E-state index contributed by atoms with van der Waals surface area (Å²) >= 11 is 8.15. The number of thioether (sulfide) groups is 1. The zero-order valence-corrected chi connectivity index (χ0v) is 8.53. The Kier molecular flexibility index (Phi) is 2.33. The maximum Gasteiger partial charge on any atom is 0.0709 e. The van der Waals surface area contributed by atoms with Crippen LogP contribution in [0.15, 0.2) is 24.3 Å². The van der Waals surface area contributed by atoms with Crippen LogP contribution in [-0.2, 0) is 6.42 Å². The maximum atomic E-state index is 6.29. The van der Waals surface area contributed by atoms with Crippen LogP contribution in [0.3, 0.4) is 0 Å². The number of benzene rings is 1. The summed E-state index contributed by atoms with van der Waals surface area (Å²) in [4.78, 5) is 0. The molecule has 0 saturated carbocycles. The fraction of sp³-hybridized carbons (Fsp3) is 0.400. The van der Waals surface area contributed by atoms with Crippen molar-refractivity contribution in [2.45, 2.75) is 17.0 Å². The average Bonchev–Trinajstić information content (AvgIpc) is 2.44. The van der Waals surface area contributed by atoms with Crippen molar-refractivity contribution >= 4 is 23.4 Å². The molecule has 0 spiro atoms. The molecule has 0 saturated heterocycles. The van der Waals surface area contributed by atoms with Gasteiger partial charge in [0, 0.05) is 5.25 Å². The summed E-state index contributed by atoms with van der Waals surface area (Å²) in [6.45, 7) is 0. The average molecular weight is 199 g/mol. The molecule has 1 aliphatic carbocycles. The van der Waals surface area contributed by atoms with Crippen molar-refractivity contribution < 1.29 is 0 Å². The van der Waals surface area contributed by atoms with Crippen LogP contribution in [0.2, 0.25) is 0 Å². The number of hydrogen-bond donors (Lipinski definition) is 0. The third-order valence-electron chi connectivity index (χ3n) is 2.40. The highest BCUT2D eigenvalue weighted by Crippen LogP contribution is 2.41. The zero-order valence-electron chi connectivity index (χ0n) is 6.96. The van der Waals surface area contributed by atoms with E-state index in [4.69, 9.17) is 11.6 Å². The van der Waals surface area contributed by atoms with Crippen molar-refractivity contribution in [1.82, 2.24) is 0 Å². The van der Waals surface area contributed by atoms with Crippen LogP contribution in [0.25, 0.3) is 0 Å². The molecule has 64 valence electrons. The summed E-state index contributed by atoms with van der Waals surface area (Å²) in [7, 11) is 0. The second-order valence-corrected chi connectivity index (χ2v) is 4.63. The Morgan fingerprint density at radius 3 is 2.83 bits per heavy atom. The third-order valence-corrected chi connectivity index (χ3v) is 4.14. The molecule has 0 radical (unpaired) electrons. The highest BCUT2D eigenvalue weighted by atomic mass is 35.5. The van der Waals surface area contributed by atoms with Gasteiger partial charge in [0.2, 0.25) is 0 Å². The quantitative estimate of drug-likeness (QED) is 0.625. The minimum absolute atomic E-state index is 0.219. The molecule has 1 aromatic rings. The zero-order chi connectivity index (χ0) is 8.55. The van der Waals surface area contributed by atoms with Crippen molar-refractivity contribution in [2.24, 2.45) is 0 Å². The van der Waals surface area contributed by atoms with Gasteiger partial charge in [-0.3, -0.25) is 0 Å². The van der Waals surface area contributed by atoms with Crippen LogP contribution < -0.4 is 0 Å². The largest absolute Gasteiger partial charge is 0.160 e. The van der Waals surface area contributed by atoms with E-state index < -0.39 is 0 Å². The smallest absolute Gasteiger partial charge is 0.0709 e. The topological polar surface area (TPSA) is 0 Å². The molecule has 1 aliphatic rings. The molecule has 1 aromatic carbocycles. The van der Waals surface area contributed by atoms with Crippen molar-refractivity contribution in [2.75, 3.05) is 6.26 Å². The number of rotatable bonds is 1. The molecule has 0 N–H and O–H groups in total. The van der Waals surface area contributed by atoms with Crippen LogP contribution >= 0.6 is 23.4 Å². The van der Waals surface area contributed by atoms with Crippen LogP contribution in [0.5, 0.6) is 0 Å². The van der Waals surface area contributed by atoms with Gasteiger partial charge in [0.15, 0.2) is 0 Å². The van der Waals surface area contributed by atoms with E-state index in [0.717, 1.165) is 6.42 Å². The molecular formula is C10H11ClS. The molecule has 0 aliphatic heterocycles. The summed E-state index contributed by atoms with van der Waals surface area (Å²) in [5.41, 5.74) is 2.76. The molecule has 0 aromatic heterocycles. The van der Waals surface area contributed by atoms with E-state index in [1.54, 1.807) is 0 Å². The van der Waals surface area contributed by atoms with Gasteiger partial charge >= 0.3 is 0 Å². The first-order valence-electron chi connectivity index (χ1n) is 4.07. The molecule has 2 rings (SSSR count). The molecule has 0 bridgehead atoms. The Balaban J connectivity index is 2.35. The van der Waals surface area contributed by atoms with Gasteiger partial charge in [0.1, 0.15) is 0 Å². The van der Waals surface area contributed by atoms with Crippen LogP contribution in [0.4, 0.5) is 0 Å². The normalized spacial score (nSPS) is 27.2. The van der Waals surface area contributed by atoms with Crippen LogP contribution in [-0.4, -0.2) is 11.5 Å². The Bertz CT molecular complexity index is 285. The standard InChI is InChI=1S/C10H11ClS/c1-12-9-6-7-4-2-3-5-8(7)10(9)11/h2-5,9-10H,6H2,1H3/t9-,10-/m0/s1. The number of alkyl halides is 1. The van der Waals surface area contributed by atoms with Crippen LogP contribution in [0, 0.1) is 0 Å². The molecule has 0 heterocycles. The monoisotopic (exact) mass is 198 g/mol. The van der Waals surface area contributed by atoms with Gasteiger partial charge in [-0.2, -0.15) is 11.8 Å². The van der Waals surface area contributed by atoms with Crippen molar-refractivity contribution in [3.05, 3.63) is 35.4 Å². The highest BCUT2D eigenvalue weighted by Gasteiger charge is 2.29. The van der Waals surface area contributed by atoms with E-state index in [9.17, 15) is 0 Å². The minimum atomic E-state index is 0.219. The molecular weight excluding hydrogens is 188 g/mol. The molecule has 12 heavy (non-hydrogen) atoms. The summed E-state index contributed by atoms with van der Waals surface area (Å²) in [6, 6.07) is 8.48. The van der Waals surface area contributed by atoms with Crippen molar-refractivity contribution in [3.8, 4) is 0 Å². The molecule has 2 heteroatoms. The fourth-order valence-corrected chi connectivity index (χ4v) is 3.05. The number of fused-ring (bicyclic) bond motifs is 1. The van der Waals surface area contributed by atoms with Crippen LogP contribution in [0.1, 0.15) is 16.5 Å². The van der Waals surface area contributed by atoms with Crippen molar-refractivity contribution in [3.63, 3.8) is 0 Å². The predicted octanol–water partition coefficient (Wildman–Crippen LogP) is 3.25. The SMILES string of the molecule is CS[C@H]1Cc2ccccc2[C@@H]1Cl. The van der Waals surface area contributed by atoms with Gasteiger partial charge in [-0.05, 0) is 23.8 Å². The maximum absolute atomic E-state index is 6.29. The summed E-state index contributed by atoms with van der Waals surface area (Å²) < 4.78 is 0. The summed E-state index contributed by atoms with van der Waals surface area (Å²) in [5.74, 6) is 0. The van der Waals surface area contributed by atoms with E-state index >= 15 is 0 Å². The van der Waals surface area contributed by atoms with E-state index in [1.165, 1.54) is 11.1 Å². The molecule has 0 nitrogen and oxygen atoms in total. The van der Waals surface area contributed by atoms with E-state index in [1.807, 2.05) is 11.8 Å². The minimum Gasteiger partial charge on any atom is -0.160 e. The van der Waals surface area contributed by atoms with Gasteiger partial charge < -0.3 is 0 Å². The Morgan fingerprint density at radius 2 is 2.17 bits per heavy atom. The lowest BCUT2D eigenvalue weighted by Crippen LogP contribution is -2.02. The van der Waals surface area contributed by atoms with Gasteiger partial charge in [0.05, 0.1) is 5.38 Å². The molecule has 0 amide bonds. The fourth-order valence-electron chi connectivity index (χ4n) is 1.71. The first kappa shape index (κ1) is 8.46. The van der Waals surface area contributed by atoms with Crippen molar-refractivity contribution in [1.29, 1.82) is 0 Å². The van der Waals surface area contributed by atoms with Gasteiger partial charge in [-0.1, -0.05) is 24.3 Å². The van der Waals surface area contributed by atoms with Gasteiger partial charge in [-0.15, -0.1) is 11.6 Å². The molecule has 0 fully saturated rings. The number of halogens is 1. The summed E-state index contributed by atoms with van der Waals surface area (Å²) in [5, 5.41) is 0.792. The Morgan fingerprint density at radius 1 is 1.42 bits per heavy atom. The second kappa shape index (κ2) is 3.31. The van der Waals surface area contributed by atoms with E-state index in [0.29, 0.717) is 5.25 Å². The lowest BCUT2D eigenvalue weighted by atomic mass is 10.1. The first-order valence-corrected chi connectivity index (χ1v) is 5.80. The molecule has 2 atom stereocenters.